The Morgan fingerprint density at radius 1 is 1.21 bits per heavy atom. The first kappa shape index (κ1) is 25.3. The predicted octanol–water partition coefficient (Wildman–Crippen LogP) is 3.90. The fourth-order valence-corrected chi connectivity index (χ4v) is 4.00. The number of hydrogen-bond donors (Lipinski definition) is 1. The second-order valence-corrected chi connectivity index (χ2v) is 8.18. The molecule has 34 heavy (non-hydrogen) atoms. The molecule has 0 radical (unpaired) electrons. The number of halogens is 3. The van der Waals surface area contributed by atoms with E-state index in [-0.39, 0.29) is 17.9 Å². The third-order valence-corrected chi connectivity index (χ3v) is 5.80. The van der Waals surface area contributed by atoms with Crippen LogP contribution < -0.4 is 10.1 Å². The standard InChI is InChI=1S/C25H28F3N3O3/c1-4-23(32)31-13-12-30(15-17(31)2)16-22(19-6-5-7-20(14-19)25(26,27)28)34-21-10-8-18(9-11-21)24(33)29-3/h4-11,14,17,22H,1,12-13,15-16H2,2-3H3,(H,29,33)/t17-,22+/m1/s1. The van der Waals surface area contributed by atoms with Crippen molar-refractivity contribution in [3.63, 3.8) is 0 Å². The van der Waals surface area contributed by atoms with Gasteiger partial charge in [-0.1, -0.05) is 18.7 Å². The summed E-state index contributed by atoms with van der Waals surface area (Å²) in [5.41, 5.74) is 0.0908. The van der Waals surface area contributed by atoms with Gasteiger partial charge in [-0.15, -0.1) is 0 Å². The van der Waals surface area contributed by atoms with Gasteiger partial charge in [-0.3, -0.25) is 14.5 Å². The molecule has 1 heterocycles. The minimum Gasteiger partial charge on any atom is -0.484 e. The highest BCUT2D eigenvalue weighted by atomic mass is 19.4. The fourth-order valence-electron chi connectivity index (χ4n) is 4.00. The van der Waals surface area contributed by atoms with Gasteiger partial charge in [-0.05, 0) is 55.0 Å². The van der Waals surface area contributed by atoms with Gasteiger partial charge in [-0.2, -0.15) is 13.2 Å². The summed E-state index contributed by atoms with van der Waals surface area (Å²) in [5, 5.41) is 2.53. The van der Waals surface area contributed by atoms with Crippen molar-refractivity contribution in [2.45, 2.75) is 25.2 Å². The fraction of sp³-hybridized carbons (Fsp3) is 0.360. The van der Waals surface area contributed by atoms with Gasteiger partial charge in [0.05, 0.1) is 5.56 Å². The summed E-state index contributed by atoms with van der Waals surface area (Å²) in [6.45, 7) is 7.38. The van der Waals surface area contributed by atoms with Gasteiger partial charge in [0.15, 0.2) is 0 Å². The summed E-state index contributed by atoms with van der Waals surface area (Å²) in [6.07, 6.45) is -3.88. The molecule has 2 aromatic carbocycles. The van der Waals surface area contributed by atoms with Crippen LogP contribution in [0.3, 0.4) is 0 Å². The van der Waals surface area contributed by atoms with Crippen molar-refractivity contribution in [2.24, 2.45) is 0 Å². The molecule has 0 aromatic heterocycles. The first-order chi connectivity index (χ1) is 16.1. The van der Waals surface area contributed by atoms with Crippen LogP contribution in [0.15, 0.2) is 61.2 Å². The number of nitrogens with zero attached hydrogens (tertiary/aromatic N) is 2. The molecule has 182 valence electrons. The van der Waals surface area contributed by atoms with Crippen molar-refractivity contribution in [1.82, 2.24) is 15.1 Å². The number of nitrogens with one attached hydrogen (secondary N) is 1. The molecule has 0 bridgehead atoms. The predicted molar refractivity (Wildman–Crippen MR) is 122 cm³/mol. The highest BCUT2D eigenvalue weighted by Gasteiger charge is 2.32. The third-order valence-electron chi connectivity index (χ3n) is 5.80. The lowest BCUT2D eigenvalue weighted by Gasteiger charge is -2.40. The van der Waals surface area contributed by atoms with Gasteiger partial charge >= 0.3 is 6.18 Å². The number of piperazine rings is 1. The number of ether oxygens (including phenoxy) is 1. The second-order valence-electron chi connectivity index (χ2n) is 8.18. The minimum absolute atomic E-state index is 0.0757. The van der Waals surface area contributed by atoms with Crippen LogP contribution in [0.5, 0.6) is 5.75 Å². The molecule has 1 fully saturated rings. The molecule has 2 aromatic rings. The molecule has 1 aliphatic rings. The average Bonchev–Trinajstić information content (AvgIpc) is 2.82. The molecule has 2 amide bonds. The van der Waals surface area contributed by atoms with Crippen molar-refractivity contribution < 1.29 is 27.5 Å². The number of rotatable bonds is 7. The number of alkyl halides is 3. The van der Waals surface area contributed by atoms with Crippen LogP contribution in [-0.4, -0.2) is 60.9 Å². The SMILES string of the molecule is C=CC(=O)N1CCN(C[C@H](Oc2ccc(C(=O)NC)cc2)c2cccc(C(F)(F)F)c2)C[C@H]1C. The molecular weight excluding hydrogens is 447 g/mol. The topological polar surface area (TPSA) is 61.9 Å². The first-order valence-electron chi connectivity index (χ1n) is 10.9. The highest BCUT2D eigenvalue weighted by molar-refractivity contribution is 5.94. The van der Waals surface area contributed by atoms with Gasteiger partial charge in [0, 0.05) is 44.8 Å². The summed E-state index contributed by atoms with van der Waals surface area (Å²) in [4.78, 5) is 27.6. The largest absolute Gasteiger partial charge is 0.484 e. The summed E-state index contributed by atoms with van der Waals surface area (Å²) in [7, 11) is 1.53. The highest BCUT2D eigenvalue weighted by Crippen LogP contribution is 2.32. The molecule has 1 saturated heterocycles. The summed E-state index contributed by atoms with van der Waals surface area (Å²) in [5.74, 6) is 0.0412. The Morgan fingerprint density at radius 2 is 1.91 bits per heavy atom. The molecule has 1 N–H and O–H groups in total. The molecule has 0 aliphatic carbocycles. The van der Waals surface area contributed by atoms with E-state index in [1.807, 2.05) is 6.92 Å². The van der Waals surface area contributed by atoms with E-state index >= 15 is 0 Å². The van der Waals surface area contributed by atoms with Crippen LogP contribution in [0.25, 0.3) is 0 Å². The van der Waals surface area contributed by atoms with Crippen molar-refractivity contribution in [3.05, 3.63) is 77.9 Å². The van der Waals surface area contributed by atoms with Gasteiger partial charge in [0.2, 0.25) is 5.91 Å². The molecule has 0 saturated carbocycles. The summed E-state index contributed by atoms with van der Waals surface area (Å²) < 4.78 is 46.2. The molecule has 6 nitrogen and oxygen atoms in total. The van der Waals surface area contributed by atoms with Crippen molar-refractivity contribution >= 4 is 11.8 Å². The lowest BCUT2D eigenvalue weighted by molar-refractivity contribution is -0.137. The van der Waals surface area contributed by atoms with E-state index in [4.69, 9.17) is 4.74 Å². The van der Waals surface area contributed by atoms with Crippen LogP contribution in [0.1, 0.15) is 34.5 Å². The lowest BCUT2D eigenvalue weighted by Crippen LogP contribution is -2.54. The number of carbonyl (C=O) groups is 2. The van der Waals surface area contributed by atoms with E-state index in [1.165, 1.54) is 19.2 Å². The summed E-state index contributed by atoms with van der Waals surface area (Å²) in [6, 6.07) is 11.5. The Kier molecular flexibility index (Phi) is 7.98. The molecule has 9 heteroatoms. The maximum Gasteiger partial charge on any atom is 0.416 e. The molecule has 3 rings (SSSR count). The van der Waals surface area contributed by atoms with Crippen LogP contribution in [0, 0.1) is 0 Å². The van der Waals surface area contributed by atoms with Gasteiger partial charge in [0.1, 0.15) is 11.9 Å². The van der Waals surface area contributed by atoms with E-state index in [0.29, 0.717) is 43.1 Å². The molecule has 1 aliphatic heterocycles. The maximum atomic E-state index is 13.3. The average molecular weight is 476 g/mol. The Morgan fingerprint density at radius 3 is 2.50 bits per heavy atom. The number of carbonyl (C=O) groups excluding carboxylic acids is 2. The van der Waals surface area contributed by atoms with E-state index in [0.717, 1.165) is 12.1 Å². The smallest absolute Gasteiger partial charge is 0.416 e. The molecule has 2 atom stereocenters. The normalized spacial score (nSPS) is 17.7. The van der Waals surface area contributed by atoms with Crippen LogP contribution >= 0.6 is 0 Å². The van der Waals surface area contributed by atoms with Crippen molar-refractivity contribution in [2.75, 3.05) is 33.2 Å². The van der Waals surface area contributed by atoms with Gasteiger partial charge in [0.25, 0.3) is 5.91 Å². The summed E-state index contributed by atoms with van der Waals surface area (Å²) >= 11 is 0. The van der Waals surface area contributed by atoms with E-state index in [1.54, 1.807) is 35.2 Å². The van der Waals surface area contributed by atoms with Crippen LogP contribution in [-0.2, 0) is 11.0 Å². The first-order valence-corrected chi connectivity index (χ1v) is 10.9. The Hall–Kier alpha value is -3.33. The van der Waals surface area contributed by atoms with Crippen LogP contribution in [0.2, 0.25) is 0 Å². The monoisotopic (exact) mass is 475 g/mol. The zero-order valence-electron chi connectivity index (χ0n) is 19.1. The van der Waals surface area contributed by atoms with E-state index in [2.05, 4.69) is 16.8 Å². The lowest BCUT2D eigenvalue weighted by atomic mass is 10.0. The zero-order chi connectivity index (χ0) is 24.9. The molecular formula is C25H28F3N3O3. The van der Waals surface area contributed by atoms with Crippen molar-refractivity contribution in [1.29, 1.82) is 0 Å². The Balaban J connectivity index is 1.83. The van der Waals surface area contributed by atoms with Gasteiger partial charge < -0.3 is 15.0 Å². The number of amides is 2. The molecule has 0 unspecified atom stereocenters. The minimum atomic E-state index is -4.47. The van der Waals surface area contributed by atoms with Gasteiger partial charge in [-0.25, -0.2) is 0 Å². The van der Waals surface area contributed by atoms with E-state index < -0.39 is 17.8 Å². The van der Waals surface area contributed by atoms with Crippen LogP contribution in [0.4, 0.5) is 13.2 Å². The molecule has 0 spiro atoms. The second kappa shape index (κ2) is 10.7. The quantitative estimate of drug-likeness (QED) is 0.617. The van der Waals surface area contributed by atoms with Crippen molar-refractivity contribution in [3.8, 4) is 5.75 Å². The maximum absolute atomic E-state index is 13.3. The zero-order valence-corrected chi connectivity index (χ0v) is 19.1. The third kappa shape index (κ3) is 6.17. The van der Waals surface area contributed by atoms with E-state index in [9.17, 15) is 22.8 Å². The number of hydrogen-bond acceptors (Lipinski definition) is 4. The number of benzene rings is 2. The Labute approximate surface area is 197 Å². The Bertz CT molecular complexity index is 1020.